The van der Waals surface area contributed by atoms with Crippen LogP contribution in [0.3, 0.4) is 0 Å². The summed E-state index contributed by atoms with van der Waals surface area (Å²) in [7, 11) is 0. The van der Waals surface area contributed by atoms with E-state index in [1.54, 1.807) is 0 Å². The molecule has 0 atom stereocenters. The van der Waals surface area contributed by atoms with Crippen molar-refractivity contribution in [3.8, 4) is 0 Å². The number of carbonyl (C=O) groups is 1. The number of guanidine groups is 2. The molecule has 0 saturated heterocycles. The largest absolute Gasteiger partial charge is 0.369 e. The Hall–Kier alpha value is -2.57. The highest BCUT2D eigenvalue weighted by Crippen LogP contribution is 2.42. The van der Waals surface area contributed by atoms with Crippen LogP contribution in [0.25, 0.3) is 0 Å². The Bertz CT molecular complexity index is 774. The molecule has 144 valence electrons. The third-order valence-electron chi connectivity index (χ3n) is 5.98. The van der Waals surface area contributed by atoms with E-state index in [4.69, 9.17) is 16.5 Å². The lowest BCUT2D eigenvalue weighted by atomic mass is 9.87. The summed E-state index contributed by atoms with van der Waals surface area (Å²) in [5.41, 5.74) is 13.4. The number of anilines is 2. The van der Waals surface area contributed by atoms with Crippen LogP contribution in [0.15, 0.2) is 34.3 Å². The van der Waals surface area contributed by atoms with Crippen LogP contribution in [0.5, 0.6) is 0 Å². The fourth-order valence-corrected chi connectivity index (χ4v) is 4.67. The topological polar surface area (TPSA) is 109 Å². The maximum Gasteiger partial charge on any atom is 0.227 e. The van der Waals surface area contributed by atoms with Crippen molar-refractivity contribution in [2.75, 3.05) is 10.2 Å². The minimum Gasteiger partial charge on any atom is -0.369 e. The van der Waals surface area contributed by atoms with Gasteiger partial charge in [-0.2, -0.15) is 4.99 Å². The van der Waals surface area contributed by atoms with Gasteiger partial charge in [-0.3, -0.25) is 9.69 Å². The van der Waals surface area contributed by atoms with Crippen molar-refractivity contribution in [2.45, 2.75) is 63.5 Å². The van der Waals surface area contributed by atoms with E-state index >= 15 is 0 Å². The Labute approximate surface area is 159 Å². The molecule has 1 aliphatic heterocycles. The molecule has 0 bridgehead atoms. The molecule has 1 aromatic rings. The molecular weight excluding hydrogens is 340 g/mol. The number of amides is 1. The second-order valence-corrected chi connectivity index (χ2v) is 7.81. The summed E-state index contributed by atoms with van der Waals surface area (Å²) in [5.74, 6) is 0.765. The fraction of sp³-hybridized carbons (Fsp3) is 0.550. The van der Waals surface area contributed by atoms with E-state index in [9.17, 15) is 4.79 Å². The van der Waals surface area contributed by atoms with Crippen LogP contribution < -0.4 is 21.7 Å². The van der Waals surface area contributed by atoms with Gasteiger partial charge in [-0.1, -0.05) is 31.4 Å². The third kappa shape index (κ3) is 3.38. The second kappa shape index (κ2) is 7.21. The van der Waals surface area contributed by atoms with Gasteiger partial charge in [0.2, 0.25) is 17.8 Å². The van der Waals surface area contributed by atoms with E-state index in [0.717, 1.165) is 62.7 Å². The molecule has 1 aromatic carbocycles. The summed E-state index contributed by atoms with van der Waals surface area (Å²) in [6.07, 6.45) is 9.24. The van der Waals surface area contributed by atoms with Crippen LogP contribution in [0.4, 0.5) is 11.4 Å². The maximum absolute atomic E-state index is 12.7. The summed E-state index contributed by atoms with van der Waals surface area (Å²) in [5, 5.41) is 3.13. The summed E-state index contributed by atoms with van der Waals surface area (Å²) in [6, 6.07) is 7.77. The van der Waals surface area contributed by atoms with Crippen LogP contribution in [-0.4, -0.2) is 23.5 Å². The van der Waals surface area contributed by atoms with Crippen LogP contribution >= 0.6 is 0 Å². The van der Waals surface area contributed by atoms with Gasteiger partial charge in [0.1, 0.15) is 5.66 Å². The average molecular weight is 368 g/mol. The molecule has 4 rings (SSSR count). The summed E-state index contributed by atoms with van der Waals surface area (Å²) in [6.45, 7) is 0. The molecule has 5 N–H and O–H groups in total. The first-order chi connectivity index (χ1) is 13.1. The van der Waals surface area contributed by atoms with Gasteiger partial charge in [0, 0.05) is 5.92 Å². The molecule has 27 heavy (non-hydrogen) atoms. The third-order valence-corrected chi connectivity index (χ3v) is 5.98. The molecule has 2 saturated carbocycles. The Morgan fingerprint density at radius 2 is 1.78 bits per heavy atom. The monoisotopic (exact) mass is 368 g/mol. The van der Waals surface area contributed by atoms with Crippen molar-refractivity contribution >= 4 is 29.2 Å². The minimum atomic E-state index is -0.512. The number of nitrogens with zero attached hydrogens (tertiary/aromatic N) is 3. The molecule has 1 heterocycles. The quantitative estimate of drug-likeness (QED) is 0.762. The van der Waals surface area contributed by atoms with Gasteiger partial charge >= 0.3 is 0 Å². The zero-order chi connectivity index (χ0) is 18.9. The molecule has 3 aliphatic rings. The molecule has 2 fully saturated rings. The molecular formula is C20H28N6O. The first-order valence-electron chi connectivity index (χ1n) is 9.99. The lowest BCUT2D eigenvalue weighted by Gasteiger charge is -2.46. The Morgan fingerprint density at radius 3 is 2.52 bits per heavy atom. The zero-order valence-corrected chi connectivity index (χ0v) is 15.7. The molecule has 7 heteroatoms. The predicted octanol–water partition coefficient (Wildman–Crippen LogP) is 2.93. The number of para-hydroxylation sites is 2. The first-order valence-corrected chi connectivity index (χ1v) is 9.99. The van der Waals surface area contributed by atoms with Gasteiger partial charge in [-0.05, 0) is 50.7 Å². The molecule has 1 spiro atoms. The highest BCUT2D eigenvalue weighted by atomic mass is 16.1. The van der Waals surface area contributed by atoms with Crippen molar-refractivity contribution in [2.24, 2.45) is 27.4 Å². The lowest BCUT2D eigenvalue weighted by molar-refractivity contribution is -0.119. The van der Waals surface area contributed by atoms with Crippen molar-refractivity contribution in [3.63, 3.8) is 0 Å². The molecule has 1 amide bonds. The highest BCUT2D eigenvalue weighted by molar-refractivity contribution is 6.08. The SMILES string of the molecule is NC1=NC2(CCCCC2)N(c2ccccc2NC(=O)C2CCCC2)C(N)=N1. The summed E-state index contributed by atoms with van der Waals surface area (Å²) in [4.78, 5) is 23.6. The van der Waals surface area contributed by atoms with Crippen LogP contribution in [0.1, 0.15) is 57.8 Å². The van der Waals surface area contributed by atoms with E-state index in [2.05, 4.69) is 10.3 Å². The number of hydrogen-bond acceptors (Lipinski definition) is 6. The van der Waals surface area contributed by atoms with Gasteiger partial charge in [-0.25, -0.2) is 4.99 Å². The van der Waals surface area contributed by atoms with Crippen molar-refractivity contribution in [1.82, 2.24) is 0 Å². The first kappa shape index (κ1) is 17.8. The maximum atomic E-state index is 12.7. The smallest absolute Gasteiger partial charge is 0.227 e. The van der Waals surface area contributed by atoms with Crippen molar-refractivity contribution in [1.29, 1.82) is 0 Å². The van der Waals surface area contributed by atoms with Crippen LogP contribution in [-0.2, 0) is 4.79 Å². The number of nitrogens with one attached hydrogen (secondary N) is 1. The Kier molecular flexibility index (Phi) is 4.76. The zero-order valence-electron chi connectivity index (χ0n) is 15.7. The minimum absolute atomic E-state index is 0.0909. The number of benzene rings is 1. The van der Waals surface area contributed by atoms with E-state index in [1.807, 2.05) is 29.2 Å². The molecule has 0 radical (unpaired) electrons. The van der Waals surface area contributed by atoms with Gasteiger partial charge in [0.15, 0.2) is 0 Å². The normalized spacial score (nSPS) is 22.4. The number of hydrogen-bond donors (Lipinski definition) is 3. The van der Waals surface area contributed by atoms with Crippen LogP contribution in [0.2, 0.25) is 0 Å². The lowest BCUT2D eigenvalue weighted by Crippen LogP contribution is -2.58. The standard InChI is InChI=1S/C20H28N6O/c21-18-24-19(22)26(20(25-18)12-6-1-7-13-20)16-11-5-4-10-15(16)23-17(27)14-8-2-3-9-14/h4-5,10-11,14H,1-3,6-9,12-13H2,(H,23,27)(H4,21,22,24,25). The van der Waals surface area contributed by atoms with E-state index in [0.29, 0.717) is 5.96 Å². The van der Waals surface area contributed by atoms with Gasteiger partial charge in [0.25, 0.3) is 0 Å². The Balaban J connectivity index is 1.69. The average Bonchev–Trinajstić information content (AvgIpc) is 3.18. The molecule has 2 aliphatic carbocycles. The molecule has 7 nitrogen and oxygen atoms in total. The van der Waals surface area contributed by atoms with E-state index < -0.39 is 5.66 Å². The molecule has 0 aromatic heterocycles. The van der Waals surface area contributed by atoms with E-state index in [1.165, 1.54) is 6.42 Å². The van der Waals surface area contributed by atoms with Crippen LogP contribution in [0, 0.1) is 5.92 Å². The number of nitrogens with two attached hydrogens (primary N) is 2. The number of aliphatic imine (C=N–C) groups is 2. The molecule has 0 unspecified atom stereocenters. The highest BCUT2D eigenvalue weighted by Gasteiger charge is 2.43. The van der Waals surface area contributed by atoms with Crippen molar-refractivity contribution < 1.29 is 4.79 Å². The number of rotatable bonds is 3. The van der Waals surface area contributed by atoms with Gasteiger partial charge in [0.05, 0.1) is 11.4 Å². The van der Waals surface area contributed by atoms with Crippen molar-refractivity contribution in [3.05, 3.63) is 24.3 Å². The predicted molar refractivity (Wildman–Crippen MR) is 109 cm³/mol. The fourth-order valence-electron chi connectivity index (χ4n) is 4.67. The summed E-state index contributed by atoms with van der Waals surface area (Å²) >= 11 is 0. The second-order valence-electron chi connectivity index (χ2n) is 7.81. The van der Waals surface area contributed by atoms with Gasteiger partial charge in [-0.15, -0.1) is 0 Å². The summed E-state index contributed by atoms with van der Waals surface area (Å²) < 4.78 is 0. The van der Waals surface area contributed by atoms with Gasteiger partial charge < -0.3 is 16.8 Å². The number of carbonyl (C=O) groups excluding carboxylic acids is 1. The Morgan fingerprint density at radius 1 is 1.07 bits per heavy atom. The van der Waals surface area contributed by atoms with E-state index in [-0.39, 0.29) is 17.8 Å².